The van der Waals surface area contributed by atoms with Gasteiger partial charge in [0, 0.05) is 0 Å². The van der Waals surface area contributed by atoms with Gasteiger partial charge in [-0.25, -0.2) is 0 Å². The molecule has 0 amide bonds. The smallest absolute Gasteiger partial charge is 0.192 e. The van der Waals surface area contributed by atoms with Gasteiger partial charge in [0.25, 0.3) is 0 Å². The van der Waals surface area contributed by atoms with Gasteiger partial charge in [0.2, 0.25) is 0 Å². The highest BCUT2D eigenvalue weighted by molar-refractivity contribution is 6.74. The van der Waals surface area contributed by atoms with E-state index >= 15 is 0 Å². The number of rotatable bonds is 3. The summed E-state index contributed by atoms with van der Waals surface area (Å²) in [5, 5.41) is 11.8. The van der Waals surface area contributed by atoms with Crippen LogP contribution in [0.2, 0.25) is 18.1 Å². The predicted molar refractivity (Wildman–Crippen MR) is 106 cm³/mol. The van der Waals surface area contributed by atoms with Gasteiger partial charge in [-0.3, -0.25) is 0 Å². The van der Waals surface area contributed by atoms with Crippen LogP contribution < -0.4 is 0 Å². The van der Waals surface area contributed by atoms with Crippen molar-refractivity contribution >= 4 is 8.32 Å². The fourth-order valence-corrected chi connectivity index (χ4v) is 5.67. The molecule has 2 aliphatic rings. The second kappa shape index (κ2) is 6.55. The summed E-state index contributed by atoms with van der Waals surface area (Å²) in [5.74, 6) is 2.03. The van der Waals surface area contributed by atoms with Crippen molar-refractivity contribution in [2.45, 2.75) is 97.6 Å². The topological polar surface area (TPSA) is 29.5 Å². The molecule has 0 heterocycles. The lowest BCUT2D eigenvalue weighted by molar-refractivity contribution is -0.0978. The number of allylic oxidation sites excluding steroid dienone is 1. The van der Waals surface area contributed by atoms with Crippen LogP contribution >= 0.6 is 0 Å². The van der Waals surface area contributed by atoms with Gasteiger partial charge in [0.05, 0.1) is 11.7 Å². The molecule has 0 saturated heterocycles. The maximum atomic E-state index is 11.6. The van der Waals surface area contributed by atoms with Gasteiger partial charge in [0.1, 0.15) is 0 Å². The number of hydrogen-bond donors (Lipinski definition) is 1. The van der Waals surface area contributed by atoms with Gasteiger partial charge >= 0.3 is 0 Å². The summed E-state index contributed by atoms with van der Waals surface area (Å²) in [6.07, 6.45) is 5.67. The first kappa shape index (κ1) is 20.2. The quantitative estimate of drug-likeness (QED) is 0.515. The van der Waals surface area contributed by atoms with Crippen LogP contribution in [0.15, 0.2) is 11.6 Å². The van der Waals surface area contributed by atoms with Crippen molar-refractivity contribution in [2.24, 2.45) is 23.7 Å². The Labute approximate surface area is 151 Å². The zero-order valence-electron chi connectivity index (χ0n) is 17.4. The zero-order chi connectivity index (χ0) is 18.5. The molecule has 0 aliphatic heterocycles. The molecule has 0 aromatic carbocycles. The Morgan fingerprint density at radius 2 is 1.83 bits per heavy atom. The van der Waals surface area contributed by atoms with Crippen LogP contribution in [0.25, 0.3) is 0 Å². The van der Waals surface area contributed by atoms with Crippen molar-refractivity contribution < 1.29 is 9.53 Å². The highest BCUT2D eigenvalue weighted by atomic mass is 28.4. The van der Waals surface area contributed by atoms with Crippen LogP contribution in [-0.4, -0.2) is 25.1 Å². The second-order valence-electron chi connectivity index (χ2n) is 10.4. The van der Waals surface area contributed by atoms with E-state index in [-0.39, 0.29) is 11.1 Å². The summed E-state index contributed by atoms with van der Waals surface area (Å²) in [6, 6.07) is 0. The summed E-state index contributed by atoms with van der Waals surface area (Å²) in [4.78, 5) is 0. The van der Waals surface area contributed by atoms with Crippen molar-refractivity contribution in [1.82, 2.24) is 0 Å². The van der Waals surface area contributed by atoms with Gasteiger partial charge in [-0.1, -0.05) is 53.2 Å². The van der Waals surface area contributed by atoms with Crippen LogP contribution in [-0.2, 0) is 4.43 Å². The molecule has 0 spiro atoms. The first-order valence-electron chi connectivity index (χ1n) is 9.88. The van der Waals surface area contributed by atoms with E-state index in [4.69, 9.17) is 4.43 Å². The van der Waals surface area contributed by atoms with Gasteiger partial charge < -0.3 is 9.53 Å². The lowest BCUT2D eigenvalue weighted by atomic mass is 9.77. The monoisotopic (exact) mass is 352 g/mol. The van der Waals surface area contributed by atoms with E-state index in [1.165, 1.54) is 12.0 Å². The third-order valence-electron chi connectivity index (χ3n) is 7.27. The maximum absolute atomic E-state index is 11.6. The average molecular weight is 353 g/mol. The SMILES string of the molecule is CC(C)C1=C[C@@H]2[C@H](C)CC[C@H]2[C@@](C)(O)[C@H](O[Si](C)(C)C(C)(C)C)C1. The first-order valence-corrected chi connectivity index (χ1v) is 12.8. The van der Waals surface area contributed by atoms with Crippen molar-refractivity contribution in [2.75, 3.05) is 0 Å². The van der Waals surface area contributed by atoms with Gasteiger partial charge in [-0.2, -0.15) is 0 Å². The summed E-state index contributed by atoms with van der Waals surface area (Å²) in [7, 11) is -1.92. The van der Waals surface area contributed by atoms with E-state index in [2.05, 4.69) is 67.6 Å². The Hall–Kier alpha value is -0.123. The fourth-order valence-electron chi connectivity index (χ4n) is 4.28. The Morgan fingerprint density at radius 1 is 1.25 bits per heavy atom. The molecule has 0 unspecified atom stereocenters. The van der Waals surface area contributed by atoms with Gasteiger partial charge in [-0.15, -0.1) is 0 Å². The Bertz CT molecular complexity index is 485. The van der Waals surface area contributed by atoms with Crippen molar-refractivity contribution in [3.63, 3.8) is 0 Å². The normalized spacial score (nSPS) is 38.0. The Balaban J connectivity index is 2.39. The highest BCUT2D eigenvalue weighted by Crippen LogP contribution is 2.50. The lowest BCUT2D eigenvalue weighted by Crippen LogP contribution is -2.54. The van der Waals surface area contributed by atoms with Crippen LogP contribution in [0.1, 0.15) is 67.7 Å². The van der Waals surface area contributed by atoms with Gasteiger partial charge in [-0.05, 0) is 68.0 Å². The Kier molecular flexibility index (Phi) is 5.51. The van der Waals surface area contributed by atoms with Gasteiger partial charge in [0.15, 0.2) is 8.32 Å². The minimum absolute atomic E-state index is 0.0765. The molecule has 1 saturated carbocycles. The molecular weight excluding hydrogens is 312 g/mol. The van der Waals surface area contributed by atoms with E-state index in [9.17, 15) is 5.11 Å². The third kappa shape index (κ3) is 3.68. The molecule has 140 valence electrons. The van der Waals surface area contributed by atoms with E-state index in [0.717, 1.165) is 12.8 Å². The Morgan fingerprint density at radius 3 is 2.33 bits per heavy atom. The minimum atomic E-state index is -1.92. The molecule has 0 aromatic heterocycles. The summed E-state index contributed by atoms with van der Waals surface area (Å²) >= 11 is 0. The molecule has 2 nitrogen and oxygen atoms in total. The molecule has 1 N–H and O–H groups in total. The van der Waals surface area contributed by atoms with E-state index in [0.29, 0.717) is 23.7 Å². The predicted octanol–water partition coefficient (Wildman–Crippen LogP) is 5.78. The summed E-state index contributed by atoms with van der Waals surface area (Å²) in [5.41, 5.74) is 0.748. The van der Waals surface area contributed by atoms with Crippen molar-refractivity contribution in [3.8, 4) is 0 Å². The van der Waals surface area contributed by atoms with Crippen LogP contribution in [0.3, 0.4) is 0 Å². The maximum Gasteiger partial charge on any atom is 0.192 e. The molecule has 3 heteroatoms. The molecular formula is C21H40O2Si. The fraction of sp³-hybridized carbons (Fsp3) is 0.905. The molecule has 5 atom stereocenters. The number of aliphatic hydroxyl groups is 1. The highest BCUT2D eigenvalue weighted by Gasteiger charge is 2.52. The molecule has 24 heavy (non-hydrogen) atoms. The largest absolute Gasteiger partial charge is 0.411 e. The molecule has 2 rings (SSSR count). The van der Waals surface area contributed by atoms with Crippen molar-refractivity contribution in [3.05, 3.63) is 11.6 Å². The van der Waals surface area contributed by atoms with Crippen molar-refractivity contribution in [1.29, 1.82) is 0 Å². The number of fused-ring (bicyclic) bond motifs is 1. The molecule has 1 fully saturated rings. The molecule has 2 aliphatic carbocycles. The summed E-state index contributed by atoms with van der Waals surface area (Å²) in [6.45, 7) is 20.4. The second-order valence-corrected chi connectivity index (χ2v) is 15.2. The standard InChI is InChI=1S/C21H40O2Si/c1-14(2)16-12-17-15(3)10-11-18(17)21(7,22)19(13-16)23-24(8,9)20(4,5)6/h12,14-15,17-19,22H,10-11,13H2,1-9H3/t15-,17-,18-,19-,21-/m1/s1. The van der Waals surface area contributed by atoms with E-state index < -0.39 is 13.9 Å². The first-order chi connectivity index (χ1) is 10.8. The van der Waals surface area contributed by atoms with Crippen LogP contribution in [0.4, 0.5) is 0 Å². The molecule has 0 bridgehead atoms. The average Bonchev–Trinajstić information content (AvgIpc) is 2.72. The minimum Gasteiger partial charge on any atom is -0.411 e. The summed E-state index contributed by atoms with van der Waals surface area (Å²) < 4.78 is 6.81. The number of hydrogen-bond acceptors (Lipinski definition) is 2. The third-order valence-corrected chi connectivity index (χ3v) is 11.8. The van der Waals surface area contributed by atoms with Crippen LogP contribution in [0, 0.1) is 23.7 Å². The van der Waals surface area contributed by atoms with Crippen LogP contribution in [0.5, 0.6) is 0 Å². The van der Waals surface area contributed by atoms with E-state index in [1.54, 1.807) is 0 Å². The van der Waals surface area contributed by atoms with E-state index in [1.807, 2.05) is 0 Å². The molecule has 0 aromatic rings. The zero-order valence-corrected chi connectivity index (χ0v) is 18.4. The molecule has 0 radical (unpaired) electrons. The lowest BCUT2D eigenvalue weighted by Gasteiger charge is -2.46.